The molecule has 2 fully saturated rings. The molecule has 1 amide bonds. The van der Waals surface area contributed by atoms with Gasteiger partial charge in [0.1, 0.15) is 11.5 Å². The van der Waals surface area contributed by atoms with Gasteiger partial charge in [-0.3, -0.25) is 4.79 Å². The smallest absolute Gasteiger partial charge is 0.267 e. The van der Waals surface area contributed by atoms with Crippen molar-refractivity contribution in [1.82, 2.24) is 20.4 Å². The summed E-state index contributed by atoms with van der Waals surface area (Å²) in [5.74, 6) is 1.16. The van der Waals surface area contributed by atoms with Gasteiger partial charge < -0.3 is 19.7 Å². The maximum Gasteiger partial charge on any atom is 0.267 e. The molecule has 2 atom stereocenters. The van der Waals surface area contributed by atoms with Crippen molar-refractivity contribution in [3.8, 4) is 0 Å². The van der Waals surface area contributed by atoms with Gasteiger partial charge in [0.25, 0.3) is 5.91 Å². The molecule has 2 N–H and O–H groups in total. The molecule has 2 aromatic carbocycles. The number of rotatable bonds is 6. The molecule has 194 valence electrons. The fourth-order valence-electron chi connectivity index (χ4n) is 6.43. The highest BCUT2D eigenvalue weighted by Gasteiger charge is 2.30. The second kappa shape index (κ2) is 10.3. The zero-order valence-corrected chi connectivity index (χ0v) is 21.4. The molecule has 37 heavy (non-hydrogen) atoms. The molecule has 3 heterocycles. The number of amides is 1. The van der Waals surface area contributed by atoms with Crippen LogP contribution in [0.5, 0.6) is 0 Å². The third-order valence-corrected chi connectivity index (χ3v) is 8.54. The first-order chi connectivity index (χ1) is 18.0. The number of aromatic amines is 1. The summed E-state index contributed by atoms with van der Waals surface area (Å²) < 4.78 is 18.9. The molecular formula is C30H35FN4O2. The van der Waals surface area contributed by atoms with E-state index in [1.807, 2.05) is 12.1 Å². The van der Waals surface area contributed by atoms with Crippen LogP contribution in [0.3, 0.4) is 0 Å². The summed E-state index contributed by atoms with van der Waals surface area (Å²) >= 11 is 0. The Morgan fingerprint density at radius 1 is 1.08 bits per heavy atom. The third kappa shape index (κ3) is 5.14. The van der Waals surface area contributed by atoms with Crippen molar-refractivity contribution in [3.63, 3.8) is 0 Å². The molecule has 7 heteroatoms. The number of piperidine rings is 1. The van der Waals surface area contributed by atoms with Crippen LogP contribution in [0.1, 0.15) is 66.2 Å². The van der Waals surface area contributed by atoms with Gasteiger partial charge >= 0.3 is 0 Å². The Hall–Kier alpha value is -3.19. The van der Waals surface area contributed by atoms with Gasteiger partial charge in [0.05, 0.1) is 5.69 Å². The van der Waals surface area contributed by atoms with Crippen LogP contribution < -0.4 is 5.32 Å². The first kappa shape index (κ1) is 24.2. The monoisotopic (exact) mass is 502 g/mol. The molecule has 0 bridgehead atoms. The van der Waals surface area contributed by atoms with Crippen molar-refractivity contribution < 1.29 is 13.7 Å². The highest BCUT2D eigenvalue weighted by atomic mass is 19.1. The predicted octanol–water partition coefficient (Wildman–Crippen LogP) is 6.17. The molecular weight excluding hydrogens is 467 g/mol. The van der Waals surface area contributed by atoms with Gasteiger partial charge in [-0.2, -0.15) is 0 Å². The first-order valence-corrected chi connectivity index (χ1v) is 13.7. The van der Waals surface area contributed by atoms with Crippen LogP contribution in [0, 0.1) is 24.6 Å². The van der Waals surface area contributed by atoms with Crippen molar-refractivity contribution in [3.05, 3.63) is 65.2 Å². The minimum atomic E-state index is -0.292. The van der Waals surface area contributed by atoms with Crippen LogP contribution >= 0.6 is 0 Å². The van der Waals surface area contributed by atoms with Gasteiger partial charge in [0.2, 0.25) is 0 Å². The normalized spacial score (nSPS) is 21.6. The number of aryl methyl sites for hydroxylation is 1. The molecule has 2 aromatic heterocycles. The Labute approximate surface area is 216 Å². The molecule has 6 rings (SSSR count). The number of aromatic nitrogens is 2. The Kier molecular flexibility index (Phi) is 6.72. The summed E-state index contributed by atoms with van der Waals surface area (Å²) in [6.45, 7) is 5.95. The van der Waals surface area contributed by atoms with Crippen molar-refractivity contribution >= 4 is 27.8 Å². The van der Waals surface area contributed by atoms with Crippen molar-refractivity contribution in [1.29, 1.82) is 0 Å². The van der Waals surface area contributed by atoms with E-state index in [-0.39, 0.29) is 11.7 Å². The summed E-state index contributed by atoms with van der Waals surface area (Å²) in [5.41, 5.74) is 4.34. The van der Waals surface area contributed by atoms with E-state index in [4.69, 9.17) is 4.52 Å². The van der Waals surface area contributed by atoms with E-state index in [1.165, 1.54) is 43.4 Å². The number of benzene rings is 2. The maximum atomic E-state index is 13.5. The lowest BCUT2D eigenvalue weighted by Crippen LogP contribution is -2.42. The van der Waals surface area contributed by atoms with E-state index in [0.29, 0.717) is 29.0 Å². The second-order valence-corrected chi connectivity index (χ2v) is 11.1. The molecule has 4 aromatic rings. The third-order valence-electron chi connectivity index (χ3n) is 8.54. The van der Waals surface area contributed by atoms with Gasteiger partial charge in [0, 0.05) is 41.4 Å². The quantitative estimate of drug-likeness (QED) is 0.331. The van der Waals surface area contributed by atoms with E-state index >= 15 is 0 Å². The molecule has 0 radical (unpaired) electrons. The number of carbonyl (C=O) groups is 1. The SMILES string of the molecule is Cc1ccc2[nH]c(C(=O)NC[C@@H]3CCCC[C@H]3CN3CCC(c4noc5cc(F)ccc45)CC3)cc2c1. The zero-order valence-electron chi connectivity index (χ0n) is 21.4. The van der Waals surface area contributed by atoms with E-state index in [0.717, 1.165) is 61.0 Å². The Morgan fingerprint density at radius 2 is 1.89 bits per heavy atom. The van der Waals surface area contributed by atoms with Gasteiger partial charge in [-0.1, -0.05) is 29.6 Å². The number of likely N-dealkylation sites (tertiary alicyclic amines) is 1. The first-order valence-electron chi connectivity index (χ1n) is 13.7. The summed E-state index contributed by atoms with van der Waals surface area (Å²) in [5, 5.41) is 9.53. The number of fused-ring (bicyclic) bond motifs is 2. The highest BCUT2D eigenvalue weighted by molar-refractivity contribution is 5.98. The van der Waals surface area contributed by atoms with Crippen LogP contribution in [-0.4, -0.2) is 47.1 Å². The molecule has 1 aliphatic heterocycles. The van der Waals surface area contributed by atoms with Crippen molar-refractivity contribution in [2.75, 3.05) is 26.2 Å². The van der Waals surface area contributed by atoms with Crippen LogP contribution in [0.15, 0.2) is 47.0 Å². The number of halogens is 1. The zero-order chi connectivity index (χ0) is 25.4. The van der Waals surface area contributed by atoms with Crippen molar-refractivity contribution in [2.24, 2.45) is 11.8 Å². The second-order valence-electron chi connectivity index (χ2n) is 11.1. The Bertz CT molecular complexity index is 1400. The number of nitrogens with one attached hydrogen (secondary N) is 2. The average Bonchev–Trinajstić information content (AvgIpc) is 3.52. The number of nitrogens with zero attached hydrogens (tertiary/aromatic N) is 2. The van der Waals surface area contributed by atoms with Crippen LogP contribution in [-0.2, 0) is 0 Å². The predicted molar refractivity (Wildman–Crippen MR) is 143 cm³/mol. The number of hydrogen-bond acceptors (Lipinski definition) is 4. The lowest BCUT2D eigenvalue weighted by atomic mass is 9.78. The molecule has 2 aliphatic rings. The summed E-state index contributed by atoms with van der Waals surface area (Å²) in [6, 6.07) is 12.8. The molecule has 0 spiro atoms. The Morgan fingerprint density at radius 3 is 2.73 bits per heavy atom. The van der Waals surface area contributed by atoms with Crippen LogP contribution in [0.25, 0.3) is 21.9 Å². The lowest BCUT2D eigenvalue weighted by Gasteiger charge is -2.38. The van der Waals surface area contributed by atoms with Gasteiger partial charge in [0.15, 0.2) is 5.58 Å². The fraction of sp³-hybridized carbons (Fsp3) is 0.467. The standard InChI is InChI=1S/C30H35FN4O2/c1-19-6-9-26-23(14-19)15-27(33-26)30(36)32-17-21-4-2-3-5-22(21)18-35-12-10-20(11-13-35)29-25-8-7-24(31)16-28(25)37-34-29/h6-9,14-16,20-22,33H,2-5,10-13,17-18H2,1H3,(H,32,36)/t21-,22-/m0/s1. The molecule has 6 nitrogen and oxygen atoms in total. The van der Waals surface area contributed by atoms with Gasteiger partial charge in [-0.15, -0.1) is 0 Å². The molecule has 1 aliphatic carbocycles. The lowest BCUT2D eigenvalue weighted by molar-refractivity contribution is 0.0908. The van der Waals surface area contributed by atoms with E-state index in [2.05, 4.69) is 39.4 Å². The van der Waals surface area contributed by atoms with Gasteiger partial charge in [-0.25, -0.2) is 4.39 Å². The van der Waals surface area contributed by atoms with Crippen LogP contribution in [0.2, 0.25) is 0 Å². The Balaban J connectivity index is 1.04. The topological polar surface area (TPSA) is 74.2 Å². The maximum absolute atomic E-state index is 13.5. The van der Waals surface area contributed by atoms with Crippen LogP contribution in [0.4, 0.5) is 4.39 Å². The number of carbonyl (C=O) groups excluding carboxylic acids is 1. The minimum Gasteiger partial charge on any atom is -0.356 e. The summed E-state index contributed by atoms with van der Waals surface area (Å²) in [7, 11) is 0. The minimum absolute atomic E-state index is 0.0151. The fourth-order valence-corrected chi connectivity index (χ4v) is 6.43. The van der Waals surface area contributed by atoms with Crippen molar-refractivity contribution in [2.45, 2.75) is 51.4 Å². The average molecular weight is 503 g/mol. The number of H-pyrrole nitrogens is 1. The highest BCUT2D eigenvalue weighted by Crippen LogP contribution is 2.35. The summed E-state index contributed by atoms with van der Waals surface area (Å²) in [4.78, 5) is 18.8. The molecule has 1 saturated carbocycles. The summed E-state index contributed by atoms with van der Waals surface area (Å²) in [6.07, 6.45) is 6.99. The van der Waals surface area contributed by atoms with E-state index in [9.17, 15) is 9.18 Å². The molecule has 0 unspecified atom stereocenters. The van der Waals surface area contributed by atoms with E-state index in [1.54, 1.807) is 6.07 Å². The van der Waals surface area contributed by atoms with Gasteiger partial charge in [-0.05, 0) is 87.9 Å². The largest absolute Gasteiger partial charge is 0.356 e. The number of hydrogen-bond donors (Lipinski definition) is 2. The molecule has 1 saturated heterocycles. The van der Waals surface area contributed by atoms with E-state index < -0.39 is 0 Å².